The lowest BCUT2D eigenvalue weighted by atomic mass is 10.3. The van der Waals surface area contributed by atoms with E-state index in [0.717, 1.165) is 0 Å². The Morgan fingerprint density at radius 3 is 1.82 bits per heavy atom. The fourth-order valence-corrected chi connectivity index (χ4v) is 3.10. The lowest BCUT2D eigenvalue weighted by molar-refractivity contribution is -0.303. The summed E-state index contributed by atoms with van der Waals surface area (Å²) in [5, 5.41) is 12.9. The predicted octanol–water partition coefficient (Wildman–Crippen LogP) is 1.63. The molecule has 22 heavy (non-hydrogen) atoms. The van der Waals surface area contributed by atoms with Crippen LogP contribution in [0.3, 0.4) is 0 Å². The molecule has 0 unspecified atom stereocenters. The number of benzene rings is 2. The summed E-state index contributed by atoms with van der Waals surface area (Å²) in [5.41, 5.74) is 0. The van der Waals surface area contributed by atoms with Crippen molar-refractivity contribution in [3.63, 3.8) is 0 Å². The summed E-state index contributed by atoms with van der Waals surface area (Å²) in [7, 11) is -3.62. The van der Waals surface area contributed by atoms with Crippen molar-refractivity contribution in [2.24, 2.45) is 0 Å². The van der Waals surface area contributed by atoms with Crippen molar-refractivity contribution in [3.8, 4) is 11.5 Å². The average molecular weight is 320 g/mol. The Balaban J connectivity index is 2.12. The maximum atomic E-state index is 12.8. The number of carboxylic acids is 1. The van der Waals surface area contributed by atoms with Crippen molar-refractivity contribution < 1.29 is 23.5 Å². The molecule has 0 aliphatic carbocycles. The summed E-state index contributed by atoms with van der Waals surface area (Å²) in [6.45, 7) is -0.444. The summed E-state index contributed by atoms with van der Waals surface area (Å²) >= 11 is 0. The van der Waals surface area contributed by atoms with Gasteiger partial charge < -0.3 is 18.9 Å². The van der Waals surface area contributed by atoms with Crippen LogP contribution >= 0.6 is 7.60 Å². The van der Waals surface area contributed by atoms with Crippen LogP contribution in [0.25, 0.3) is 0 Å². The molecule has 0 aliphatic heterocycles. The van der Waals surface area contributed by atoms with Gasteiger partial charge in [-0.1, -0.05) is 36.4 Å². The van der Waals surface area contributed by atoms with Crippen LogP contribution in [0, 0.1) is 0 Å². The third kappa shape index (κ3) is 5.24. The molecule has 116 valence electrons. The number of nitrogens with one attached hydrogen (secondary N) is 1. The van der Waals surface area contributed by atoms with E-state index in [4.69, 9.17) is 9.05 Å². The molecule has 0 atom stereocenters. The van der Waals surface area contributed by atoms with Gasteiger partial charge in [-0.2, -0.15) is 0 Å². The van der Waals surface area contributed by atoms with Crippen LogP contribution in [0.5, 0.6) is 11.5 Å². The first-order valence-electron chi connectivity index (χ1n) is 6.56. The Kier molecular flexibility index (Phi) is 5.58. The molecule has 1 N–H and O–H groups in total. The largest absolute Gasteiger partial charge is 0.549 e. The minimum atomic E-state index is -3.62. The summed E-state index contributed by atoms with van der Waals surface area (Å²) in [6.07, 6.45) is -0.259. The van der Waals surface area contributed by atoms with E-state index in [1.807, 2.05) is 0 Å². The molecular formula is C15H15NO5P-. The van der Waals surface area contributed by atoms with Crippen LogP contribution < -0.4 is 19.5 Å². The predicted molar refractivity (Wildman–Crippen MR) is 79.6 cm³/mol. The fourth-order valence-electron chi connectivity index (χ4n) is 1.66. The molecule has 0 bridgehead atoms. The minimum absolute atomic E-state index is 0.259. The van der Waals surface area contributed by atoms with E-state index in [1.54, 1.807) is 60.7 Å². The molecule has 2 rings (SSSR count). The Hall–Kier alpha value is -2.30. The van der Waals surface area contributed by atoms with Crippen molar-refractivity contribution >= 4 is 13.6 Å². The van der Waals surface area contributed by atoms with Gasteiger partial charge in [0.05, 0.1) is 5.97 Å². The third-order valence-electron chi connectivity index (χ3n) is 2.55. The average Bonchev–Trinajstić information content (AvgIpc) is 2.48. The Labute approximate surface area is 128 Å². The zero-order valence-electron chi connectivity index (χ0n) is 11.7. The Morgan fingerprint density at radius 1 is 0.955 bits per heavy atom. The van der Waals surface area contributed by atoms with Crippen molar-refractivity contribution in [3.05, 3.63) is 60.7 Å². The second-order valence-corrected chi connectivity index (χ2v) is 6.28. The smallest absolute Gasteiger partial charge is 0.444 e. The van der Waals surface area contributed by atoms with Gasteiger partial charge in [0.25, 0.3) is 0 Å². The Bertz CT molecular complexity index is 602. The van der Waals surface area contributed by atoms with E-state index < -0.39 is 20.1 Å². The normalized spacial score (nSPS) is 10.9. The highest BCUT2D eigenvalue weighted by Gasteiger charge is 2.27. The van der Waals surface area contributed by atoms with Crippen molar-refractivity contribution in [2.75, 3.05) is 12.8 Å². The summed E-state index contributed by atoms with van der Waals surface area (Å²) in [5.74, 6) is -0.556. The van der Waals surface area contributed by atoms with E-state index >= 15 is 0 Å². The van der Waals surface area contributed by atoms with Crippen molar-refractivity contribution in [1.82, 2.24) is 5.32 Å². The second-order valence-electron chi connectivity index (χ2n) is 4.38. The van der Waals surface area contributed by atoms with Crippen molar-refractivity contribution in [2.45, 2.75) is 0 Å². The van der Waals surface area contributed by atoms with Crippen LogP contribution in [0.2, 0.25) is 0 Å². The van der Waals surface area contributed by atoms with E-state index in [9.17, 15) is 14.5 Å². The first-order valence-corrected chi connectivity index (χ1v) is 8.29. The van der Waals surface area contributed by atoms with Crippen LogP contribution in [0.1, 0.15) is 0 Å². The van der Waals surface area contributed by atoms with Gasteiger partial charge in [0, 0.05) is 6.54 Å². The zero-order valence-corrected chi connectivity index (χ0v) is 12.6. The van der Waals surface area contributed by atoms with E-state index in [-0.39, 0.29) is 6.29 Å². The molecule has 0 saturated carbocycles. The second kappa shape index (κ2) is 7.64. The lowest BCUT2D eigenvalue weighted by Gasteiger charge is -2.20. The number of aliphatic carboxylic acids is 1. The molecule has 2 aromatic rings. The number of rotatable bonds is 8. The summed E-state index contributed by atoms with van der Waals surface area (Å²) < 4.78 is 23.7. The molecule has 0 aliphatic rings. The molecule has 0 radical (unpaired) electrons. The molecule has 0 spiro atoms. The molecule has 0 heterocycles. The van der Waals surface area contributed by atoms with Gasteiger partial charge in [-0.25, -0.2) is 4.57 Å². The zero-order chi connectivity index (χ0) is 15.8. The number of carbonyl (C=O) groups excluding carboxylic acids is 1. The Morgan fingerprint density at radius 2 is 1.41 bits per heavy atom. The van der Waals surface area contributed by atoms with Crippen LogP contribution in [0.15, 0.2) is 60.7 Å². The first kappa shape index (κ1) is 16.1. The topological polar surface area (TPSA) is 87.7 Å². The molecule has 0 saturated heterocycles. The number of carboxylic acid groups (broad SMARTS) is 1. The molecule has 0 fully saturated rings. The van der Waals surface area contributed by atoms with E-state index in [0.29, 0.717) is 11.5 Å². The van der Waals surface area contributed by atoms with E-state index in [1.165, 1.54) is 0 Å². The van der Waals surface area contributed by atoms with Crippen LogP contribution in [-0.2, 0) is 9.36 Å². The number of hydrogen-bond acceptors (Lipinski definition) is 6. The summed E-state index contributed by atoms with van der Waals surface area (Å²) in [4.78, 5) is 10.5. The molecular weight excluding hydrogens is 305 g/mol. The number of hydrogen-bond donors (Lipinski definition) is 1. The van der Waals surface area contributed by atoms with Gasteiger partial charge in [0.15, 0.2) is 0 Å². The highest BCUT2D eigenvalue weighted by Crippen LogP contribution is 2.47. The van der Waals surface area contributed by atoms with Gasteiger partial charge in [-0.05, 0) is 24.3 Å². The molecule has 2 aromatic carbocycles. The molecule has 0 amide bonds. The van der Waals surface area contributed by atoms with Gasteiger partial charge in [-0.15, -0.1) is 0 Å². The van der Waals surface area contributed by atoms with Crippen molar-refractivity contribution in [1.29, 1.82) is 0 Å². The van der Waals surface area contributed by atoms with E-state index in [2.05, 4.69) is 5.32 Å². The minimum Gasteiger partial charge on any atom is -0.549 e. The number of carbonyl (C=O) groups is 1. The lowest BCUT2D eigenvalue weighted by Crippen LogP contribution is -2.35. The summed E-state index contributed by atoms with van der Waals surface area (Å²) in [6, 6.07) is 17.1. The SMILES string of the molecule is O=C([O-])CNCP(=O)(Oc1ccccc1)Oc1ccccc1. The standard InChI is InChI=1S/C15H16NO5P/c17-15(18)11-16-12-22(19,20-13-7-3-1-4-8-13)21-14-9-5-2-6-10-14/h1-10,16H,11-12H2,(H,17,18)/p-1. The number of para-hydroxylation sites is 2. The fraction of sp³-hybridized carbons (Fsp3) is 0.133. The molecule has 7 heteroatoms. The monoisotopic (exact) mass is 320 g/mol. The molecule has 0 aromatic heterocycles. The van der Waals surface area contributed by atoms with Gasteiger partial charge in [-0.3, -0.25) is 5.32 Å². The maximum absolute atomic E-state index is 12.8. The maximum Gasteiger partial charge on any atom is 0.444 e. The first-order chi connectivity index (χ1) is 10.6. The van der Waals surface area contributed by atoms with Crippen LogP contribution in [0.4, 0.5) is 0 Å². The third-order valence-corrected chi connectivity index (χ3v) is 4.14. The molecule has 6 nitrogen and oxygen atoms in total. The quantitative estimate of drug-likeness (QED) is 0.744. The van der Waals surface area contributed by atoms with Crippen LogP contribution in [-0.4, -0.2) is 18.8 Å². The van der Waals surface area contributed by atoms with Gasteiger partial charge in [0.2, 0.25) is 0 Å². The highest BCUT2D eigenvalue weighted by atomic mass is 31.2. The highest BCUT2D eigenvalue weighted by molar-refractivity contribution is 7.54. The van der Waals surface area contributed by atoms with Gasteiger partial charge >= 0.3 is 7.60 Å². The van der Waals surface area contributed by atoms with Gasteiger partial charge in [0.1, 0.15) is 17.8 Å².